The third-order valence-corrected chi connectivity index (χ3v) is 9.89. The van der Waals surface area contributed by atoms with Crippen molar-refractivity contribution in [2.24, 2.45) is 5.41 Å². The largest absolute Gasteiger partial charge is 0.361 e. The summed E-state index contributed by atoms with van der Waals surface area (Å²) in [6, 6.07) is 0. The highest BCUT2D eigenvalue weighted by Crippen LogP contribution is 2.44. The summed E-state index contributed by atoms with van der Waals surface area (Å²) < 4.78 is 6.16. The predicted octanol–water partition coefficient (Wildman–Crippen LogP) is 4.36. The molecule has 2 aromatic heterocycles. The number of hydrogen-bond donors (Lipinski definition) is 0. The maximum Gasteiger partial charge on any atom is 0.264 e. The van der Waals surface area contributed by atoms with E-state index in [2.05, 4.69) is 5.16 Å². The molecule has 0 aromatic carbocycles. The number of thioether (sulfide) groups is 1. The van der Waals surface area contributed by atoms with Crippen molar-refractivity contribution in [3.05, 3.63) is 33.0 Å². The summed E-state index contributed by atoms with van der Waals surface area (Å²) in [6.07, 6.45) is 6.96. The molecular weight excluding hydrogens is 458 g/mol. The summed E-state index contributed by atoms with van der Waals surface area (Å²) in [5.74, 6) is 0.825. The molecule has 0 saturated carbocycles. The number of aryl methyl sites for hydroxylation is 2. The van der Waals surface area contributed by atoms with E-state index in [1.165, 1.54) is 11.3 Å². The number of piperidine rings is 1. The molecule has 7 nitrogen and oxygen atoms in total. The van der Waals surface area contributed by atoms with Crippen LogP contribution in [0.15, 0.2) is 8.73 Å². The Morgan fingerprint density at radius 3 is 2.39 bits per heavy atom. The van der Waals surface area contributed by atoms with Crippen molar-refractivity contribution in [1.29, 1.82) is 0 Å². The number of fused-ring (bicyclic) bond motifs is 1. The molecule has 0 N–H and O–H groups in total. The van der Waals surface area contributed by atoms with Gasteiger partial charge in [0.1, 0.15) is 11.3 Å². The fourth-order valence-electron chi connectivity index (χ4n) is 5.62. The Hall–Kier alpha value is -2.13. The van der Waals surface area contributed by atoms with Gasteiger partial charge in [-0.15, -0.1) is 23.1 Å². The van der Waals surface area contributed by atoms with Crippen LogP contribution in [0.5, 0.6) is 0 Å². The van der Waals surface area contributed by atoms with E-state index in [1.54, 1.807) is 25.6 Å². The van der Waals surface area contributed by atoms with Gasteiger partial charge in [-0.05, 0) is 63.2 Å². The first kappa shape index (κ1) is 22.7. The Morgan fingerprint density at radius 1 is 1.06 bits per heavy atom. The molecular formula is C24H29N3O4S2. The molecule has 0 unspecified atom stereocenters. The van der Waals surface area contributed by atoms with Crippen molar-refractivity contribution in [2.75, 3.05) is 32.4 Å². The Labute approximate surface area is 201 Å². The molecule has 5 rings (SSSR count). The minimum absolute atomic E-state index is 0.00787. The van der Waals surface area contributed by atoms with Gasteiger partial charge in [0.05, 0.1) is 14.8 Å². The van der Waals surface area contributed by atoms with E-state index in [-0.39, 0.29) is 23.0 Å². The highest BCUT2D eigenvalue weighted by atomic mass is 32.2. The average molecular weight is 488 g/mol. The SMILES string of the molecule is CSc1sc(C(=O)N2CCC3(CCN(C(=O)c4c(C)noc4C)CC3)C2)c2c1C(=O)CCC2. The molecule has 1 spiro atoms. The van der Waals surface area contributed by atoms with E-state index in [4.69, 9.17) is 4.52 Å². The normalized spacial score (nSPS) is 19.9. The van der Waals surface area contributed by atoms with E-state index in [0.717, 1.165) is 65.4 Å². The maximum atomic E-state index is 13.5. The van der Waals surface area contributed by atoms with E-state index >= 15 is 0 Å². The quantitative estimate of drug-likeness (QED) is 0.598. The average Bonchev–Trinajstić information content (AvgIpc) is 3.49. The zero-order chi connectivity index (χ0) is 23.3. The van der Waals surface area contributed by atoms with Crippen molar-refractivity contribution < 1.29 is 18.9 Å². The van der Waals surface area contributed by atoms with Crippen LogP contribution in [-0.4, -0.2) is 65.0 Å². The molecule has 1 aliphatic carbocycles. The fraction of sp³-hybridized carbons (Fsp3) is 0.583. The number of thiophene rings is 1. The Kier molecular flexibility index (Phi) is 5.89. The standard InChI is InChI=1S/C24H29N3O4S2/c1-14-18(15(2)31-25-14)21(29)26-10-7-24(8-11-26)9-12-27(13-24)22(30)20-16-5-4-6-17(28)19(16)23(32-3)33-20/h4-13H2,1-3H3. The number of aromatic nitrogens is 1. The number of amides is 2. The molecule has 2 fully saturated rings. The predicted molar refractivity (Wildman–Crippen MR) is 127 cm³/mol. The van der Waals surface area contributed by atoms with Crippen molar-refractivity contribution in [3.63, 3.8) is 0 Å². The second-order valence-electron chi connectivity index (χ2n) is 9.52. The second-order valence-corrected chi connectivity index (χ2v) is 11.6. The number of Topliss-reactive ketones (excluding diaryl/α,β-unsaturated/α-hetero) is 1. The molecule has 2 aromatic rings. The van der Waals surface area contributed by atoms with Crippen LogP contribution in [0.25, 0.3) is 0 Å². The van der Waals surface area contributed by atoms with E-state index < -0.39 is 0 Å². The highest BCUT2D eigenvalue weighted by molar-refractivity contribution is 8.00. The lowest BCUT2D eigenvalue weighted by molar-refractivity contribution is 0.0564. The zero-order valence-electron chi connectivity index (χ0n) is 19.4. The van der Waals surface area contributed by atoms with Crippen LogP contribution in [0, 0.1) is 19.3 Å². The van der Waals surface area contributed by atoms with Gasteiger partial charge in [0.15, 0.2) is 5.78 Å². The Morgan fingerprint density at radius 2 is 1.76 bits per heavy atom. The van der Waals surface area contributed by atoms with E-state index in [1.807, 2.05) is 16.1 Å². The molecule has 0 bridgehead atoms. The molecule has 2 aliphatic heterocycles. The van der Waals surface area contributed by atoms with Crippen LogP contribution in [0.4, 0.5) is 0 Å². The molecule has 2 saturated heterocycles. The number of rotatable bonds is 3. The van der Waals surface area contributed by atoms with Crippen LogP contribution in [-0.2, 0) is 6.42 Å². The number of nitrogens with zero attached hydrogens (tertiary/aromatic N) is 3. The Balaban J connectivity index is 1.28. The topological polar surface area (TPSA) is 83.7 Å². The Bertz CT molecular complexity index is 1110. The molecule has 0 radical (unpaired) electrons. The molecule has 0 atom stereocenters. The first-order valence-electron chi connectivity index (χ1n) is 11.6. The molecule has 4 heterocycles. The van der Waals surface area contributed by atoms with Gasteiger partial charge in [-0.25, -0.2) is 0 Å². The molecule has 33 heavy (non-hydrogen) atoms. The van der Waals surface area contributed by atoms with Gasteiger partial charge in [-0.1, -0.05) is 5.16 Å². The van der Waals surface area contributed by atoms with Gasteiger partial charge in [-0.3, -0.25) is 14.4 Å². The number of carbonyl (C=O) groups excluding carboxylic acids is 3. The van der Waals surface area contributed by atoms with Crippen molar-refractivity contribution in [1.82, 2.24) is 15.0 Å². The van der Waals surface area contributed by atoms with Crippen LogP contribution in [0.3, 0.4) is 0 Å². The minimum Gasteiger partial charge on any atom is -0.361 e. The summed E-state index contributed by atoms with van der Waals surface area (Å²) >= 11 is 3.07. The van der Waals surface area contributed by atoms with Gasteiger partial charge in [0.25, 0.3) is 11.8 Å². The monoisotopic (exact) mass is 487 g/mol. The fourth-order valence-corrected chi connectivity index (χ4v) is 7.71. The first-order chi connectivity index (χ1) is 15.8. The highest BCUT2D eigenvalue weighted by Gasteiger charge is 2.44. The lowest BCUT2D eigenvalue weighted by atomic mass is 9.77. The van der Waals surface area contributed by atoms with Crippen molar-refractivity contribution >= 4 is 40.7 Å². The smallest absolute Gasteiger partial charge is 0.264 e. The number of hydrogen-bond acceptors (Lipinski definition) is 7. The van der Waals surface area contributed by atoms with Gasteiger partial charge in [0.2, 0.25) is 0 Å². The zero-order valence-corrected chi connectivity index (χ0v) is 21.0. The van der Waals surface area contributed by atoms with Crippen molar-refractivity contribution in [3.8, 4) is 0 Å². The van der Waals surface area contributed by atoms with E-state index in [9.17, 15) is 14.4 Å². The minimum atomic E-state index is -0.00787. The second kappa shape index (κ2) is 8.58. The molecule has 176 valence electrons. The molecule has 2 amide bonds. The number of ketones is 1. The van der Waals surface area contributed by atoms with Gasteiger partial charge < -0.3 is 14.3 Å². The summed E-state index contributed by atoms with van der Waals surface area (Å²) in [6.45, 7) is 6.42. The van der Waals surface area contributed by atoms with Crippen LogP contribution in [0.2, 0.25) is 0 Å². The van der Waals surface area contributed by atoms with Crippen LogP contribution >= 0.6 is 23.1 Å². The third kappa shape index (κ3) is 3.83. The van der Waals surface area contributed by atoms with Gasteiger partial charge in [0, 0.05) is 38.2 Å². The third-order valence-electron chi connectivity index (χ3n) is 7.55. The number of carbonyl (C=O) groups is 3. The van der Waals surface area contributed by atoms with Crippen LogP contribution in [0.1, 0.15) is 79.5 Å². The first-order valence-corrected chi connectivity index (χ1v) is 13.6. The van der Waals surface area contributed by atoms with Gasteiger partial charge >= 0.3 is 0 Å². The summed E-state index contributed by atoms with van der Waals surface area (Å²) in [5, 5.41) is 3.92. The van der Waals surface area contributed by atoms with Gasteiger partial charge in [-0.2, -0.15) is 0 Å². The lowest BCUT2D eigenvalue weighted by Gasteiger charge is -2.39. The maximum absolute atomic E-state index is 13.5. The summed E-state index contributed by atoms with van der Waals surface area (Å²) in [4.78, 5) is 43.7. The van der Waals surface area contributed by atoms with Crippen LogP contribution < -0.4 is 0 Å². The van der Waals surface area contributed by atoms with Crippen molar-refractivity contribution in [2.45, 2.75) is 56.6 Å². The molecule has 9 heteroatoms. The summed E-state index contributed by atoms with van der Waals surface area (Å²) in [7, 11) is 0. The van der Waals surface area contributed by atoms with E-state index in [0.29, 0.717) is 36.5 Å². The molecule has 3 aliphatic rings. The summed E-state index contributed by atoms with van der Waals surface area (Å²) in [5.41, 5.74) is 3.07. The lowest BCUT2D eigenvalue weighted by Crippen LogP contribution is -2.45. The number of likely N-dealkylation sites (tertiary alicyclic amines) is 2.